The van der Waals surface area contributed by atoms with Crippen LogP contribution in [0.25, 0.3) is 0 Å². The van der Waals surface area contributed by atoms with Crippen molar-refractivity contribution in [2.75, 3.05) is 65.4 Å². The fourth-order valence-electron chi connectivity index (χ4n) is 13.8. The quantitative estimate of drug-likeness (QED) is 0.0785. The molecule has 4 aromatic rings. The summed E-state index contributed by atoms with van der Waals surface area (Å²) < 4.78 is 26.7. The second-order valence-corrected chi connectivity index (χ2v) is 26.8. The Hall–Kier alpha value is -4.90. The van der Waals surface area contributed by atoms with E-state index in [1.54, 1.807) is 31.2 Å². The molecule has 6 aliphatic rings. The molecular formula is C64H84F2N6O6S2. The van der Waals surface area contributed by atoms with Crippen LogP contribution in [0.5, 0.6) is 0 Å². The first-order chi connectivity index (χ1) is 38.5. The molecule has 4 saturated heterocycles. The average Bonchev–Trinajstić information content (AvgIpc) is 3.82. The molecule has 2 saturated carbocycles. The van der Waals surface area contributed by atoms with Crippen LogP contribution >= 0.6 is 22.7 Å². The fraction of sp³-hybridized carbons (Fsp3) is 0.625. The standard InChI is InChI=1S/C33H44FN3O3S.C31H40FN3O3S/c1-22-32(23(2)38)41-31(35-22)18-30(39)17-28-21-37(33(40)26-7-3-4-8-26)15-13-27(28)20-36-14-5-6-25(19-36)16-24-9-11-29(34)12-10-24;1-20-30(21(2)36)39-29(33-20)16-28(37)15-26-19-35(31(38)24-7-8-24)13-11-25(26)18-34-12-3-4-23(17-34)14-22-5-9-27(32)10-6-22/h9-12,25-28H,3-8,13-21H2,1-2H3;5-6,9-10,23-26H,3-4,7-8,11-19H2,1-2H3/t25-,27-,28+;23-,25-,26+/m00/s1. The molecule has 0 unspecified atom stereocenters. The Bertz CT molecular complexity index is 2790. The summed E-state index contributed by atoms with van der Waals surface area (Å²) in [5, 5.41) is 1.42. The summed E-state index contributed by atoms with van der Waals surface area (Å²) in [5.74, 6) is 2.87. The number of benzene rings is 2. The highest BCUT2D eigenvalue weighted by Gasteiger charge is 2.41. The lowest BCUT2D eigenvalue weighted by molar-refractivity contribution is -0.139. The van der Waals surface area contributed by atoms with E-state index in [2.05, 4.69) is 24.7 Å². The predicted molar refractivity (Wildman–Crippen MR) is 310 cm³/mol. The number of thiazole rings is 2. The van der Waals surface area contributed by atoms with E-state index in [1.165, 1.54) is 53.6 Å². The summed E-state index contributed by atoms with van der Waals surface area (Å²) in [5.41, 5.74) is 3.77. The van der Waals surface area contributed by atoms with E-state index in [4.69, 9.17) is 0 Å². The van der Waals surface area contributed by atoms with Crippen molar-refractivity contribution < 1.29 is 37.5 Å². The summed E-state index contributed by atoms with van der Waals surface area (Å²) in [6, 6.07) is 13.8. The van der Waals surface area contributed by atoms with Gasteiger partial charge in [0, 0.05) is 90.9 Å². The fourth-order valence-corrected chi connectivity index (χ4v) is 15.8. The zero-order chi connectivity index (χ0) is 56.5. The normalized spacial score (nSPS) is 24.1. The minimum atomic E-state index is -0.194. The number of likely N-dealkylation sites (tertiary alicyclic amines) is 4. The third kappa shape index (κ3) is 16.6. The molecule has 0 bridgehead atoms. The number of ketones is 4. The van der Waals surface area contributed by atoms with E-state index in [1.807, 2.05) is 43.0 Å². The van der Waals surface area contributed by atoms with Crippen LogP contribution in [0.4, 0.5) is 8.78 Å². The molecule has 6 atom stereocenters. The molecule has 2 aromatic carbocycles. The first kappa shape index (κ1) is 59.7. The monoisotopic (exact) mass is 1130 g/mol. The third-order valence-corrected chi connectivity index (χ3v) is 20.6. The van der Waals surface area contributed by atoms with Crippen molar-refractivity contribution in [3.63, 3.8) is 0 Å². The Balaban J connectivity index is 0.000000194. The SMILES string of the molecule is CC(=O)c1sc(CC(=O)C[C@@H]2CN(C(=O)C3CC3)CC[C@H]2CN2CCC[C@@H](Cc3ccc(F)cc3)C2)nc1C.CC(=O)c1sc(CC(=O)C[C@@H]2CN(C(=O)C3CCCC3)CC[C@H]2CN2CCC[C@@H](Cc3ccc(F)cc3)C2)nc1C. The highest BCUT2D eigenvalue weighted by atomic mass is 32.1. The summed E-state index contributed by atoms with van der Waals surface area (Å²) in [7, 11) is 0. The van der Waals surface area contributed by atoms with E-state index in [0.29, 0.717) is 80.8 Å². The second kappa shape index (κ2) is 27.9. The minimum absolute atomic E-state index is 0.00799. The Morgan fingerprint density at radius 1 is 0.500 bits per heavy atom. The summed E-state index contributed by atoms with van der Waals surface area (Å²) >= 11 is 2.67. The number of aryl methyl sites for hydroxylation is 2. The lowest BCUT2D eigenvalue weighted by Gasteiger charge is -2.43. The Kier molecular flexibility index (Phi) is 20.8. The third-order valence-electron chi connectivity index (χ3n) is 18.1. The van der Waals surface area contributed by atoms with Crippen LogP contribution < -0.4 is 0 Å². The molecule has 2 amide bonds. The van der Waals surface area contributed by atoms with Crippen LogP contribution in [-0.2, 0) is 44.9 Å². The topological polar surface area (TPSA) is 141 Å². The molecule has 10 rings (SSSR count). The molecule has 80 heavy (non-hydrogen) atoms. The zero-order valence-corrected chi connectivity index (χ0v) is 49.4. The number of rotatable bonds is 20. The lowest BCUT2D eigenvalue weighted by atomic mass is 9.80. The van der Waals surface area contributed by atoms with Crippen LogP contribution in [0.3, 0.4) is 0 Å². The molecule has 6 fully saturated rings. The van der Waals surface area contributed by atoms with Gasteiger partial charge in [0.2, 0.25) is 11.8 Å². The number of carbonyl (C=O) groups excluding carboxylic acids is 6. The smallest absolute Gasteiger partial charge is 0.225 e. The molecule has 0 radical (unpaired) electrons. The van der Waals surface area contributed by atoms with Crippen molar-refractivity contribution in [2.24, 2.45) is 47.3 Å². The minimum Gasteiger partial charge on any atom is -0.342 e. The van der Waals surface area contributed by atoms with Crippen LogP contribution in [0, 0.1) is 72.8 Å². The van der Waals surface area contributed by atoms with Gasteiger partial charge in [-0.1, -0.05) is 37.1 Å². The van der Waals surface area contributed by atoms with Gasteiger partial charge in [-0.2, -0.15) is 0 Å². The van der Waals surface area contributed by atoms with Gasteiger partial charge < -0.3 is 19.6 Å². The number of carbonyl (C=O) groups is 6. The highest BCUT2D eigenvalue weighted by Crippen LogP contribution is 2.37. The maximum atomic E-state index is 13.4. The first-order valence-corrected chi connectivity index (χ1v) is 31.6. The van der Waals surface area contributed by atoms with Crippen molar-refractivity contribution in [1.29, 1.82) is 0 Å². The molecule has 16 heteroatoms. The van der Waals surface area contributed by atoms with Crippen molar-refractivity contribution in [3.8, 4) is 0 Å². The van der Waals surface area contributed by atoms with E-state index in [9.17, 15) is 37.5 Å². The Morgan fingerprint density at radius 3 is 1.27 bits per heavy atom. The van der Waals surface area contributed by atoms with E-state index in [-0.39, 0.29) is 83.1 Å². The molecule has 2 aromatic heterocycles. The maximum Gasteiger partial charge on any atom is 0.225 e. The largest absolute Gasteiger partial charge is 0.342 e. The average molecular weight is 1140 g/mol. The van der Waals surface area contributed by atoms with Gasteiger partial charge in [0.1, 0.15) is 33.2 Å². The second-order valence-electron chi connectivity index (χ2n) is 24.6. The van der Waals surface area contributed by atoms with Gasteiger partial charge in [0.05, 0.1) is 34.0 Å². The molecule has 4 aliphatic heterocycles. The van der Waals surface area contributed by atoms with Crippen LogP contribution in [0.2, 0.25) is 0 Å². The van der Waals surface area contributed by atoms with Gasteiger partial charge >= 0.3 is 0 Å². The van der Waals surface area contributed by atoms with Gasteiger partial charge in [-0.3, -0.25) is 28.8 Å². The van der Waals surface area contributed by atoms with Crippen molar-refractivity contribution >= 4 is 57.6 Å². The molecular weight excluding hydrogens is 1050 g/mol. The van der Waals surface area contributed by atoms with Gasteiger partial charge in [-0.15, -0.1) is 22.7 Å². The summed E-state index contributed by atoms with van der Waals surface area (Å²) in [6.45, 7) is 15.7. The molecule has 432 valence electrons. The van der Waals surface area contributed by atoms with Gasteiger partial charge in [-0.05, 0) is 175 Å². The number of Topliss-reactive ketones (excluding diaryl/α,β-unsaturated/α-hetero) is 4. The zero-order valence-electron chi connectivity index (χ0n) is 47.7. The molecule has 0 spiro atoms. The first-order valence-electron chi connectivity index (χ1n) is 30.0. The predicted octanol–water partition coefficient (Wildman–Crippen LogP) is 11.0. The molecule has 6 heterocycles. The van der Waals surface area contributed by atoms with Crippen molar-refractivity contribution in [3.05, 3.63) is 102 Å². The van der Waals surface area contributed by atoms with Crippen LogP contribution in [0.15, 0.2) is 48.5 Å². The van der Waals surface area contributed by atoms with E-state index >= 15 is 0 Å². The number of hydrogen-bond acceptors (Lipinski definition) is 12. The van der Waals surface area contributed by atoms with E-state index in [0.717, 1.165) is 129 Å². The summed E-state index contributed by atoms with van der Waals surface area (Å²) in [6.07, 6.45) is 16.1. The number of aromatic nitrogens is 2. The lowest BCUT2D eigenvalue weighted by Crippen LogP contribution is -2.50. The Morgan fingerprint density at radius 2 is 0.900 bits per heavy atom. The number of piperidine rings is 4. The summed E-state index contributed by atoms with van der Waals surface area (Å²) in [4.78, 5) is 96.0. The molecule has 12 nitrogen and oxygen atoms in total. The number of hydrogen-bond donors (Lipinski definition) is 0. The van der Waals surface area contributed by atoms with Crippen molar-refractivity contribution in [1.82, 2.24) is 29.6 Å². The van der Waals surface area contributed by atoms with Gasteiger partial charge in [0.25, 0.3) is 0 Å². The maximum absolute atomic E-state index is 13.4. The highest BCUT2D eigenvalue weighted by molar-refractivity contribution is 7.14. The molecule has 0 N–H and O–H groups in total. The number of halogens is 2. The van der Waals surface area contributed by atoms with E-state index < -0.39 is 0 Å². The van der Waals surface area contributed by atoms with Gasteiger partial charge in [0.15, 0.2) is 11.6 Å². The Labute approximate surface area is 480 Å². The number of amides is 2. The number of nitrogens with zero attached hydrogens (tertiary/aromatic N) is 6. The van der Waals surface area contributed by atoms with Crippen molar-refractivity contribution in [2.45, 2.75) is 143 Å². The van der Waals surface area contributed by atoms with Gasteiger partial charge in [-0.25, -0.2) is 18.7 Å². The van der Waals surface area contributed by atoms with Crippen LogP contribution in [-0.4, -0.2) is 130 Å². The molecule has 2 aliphatic carbocycles. The van der Waals surface area contributed by atoms with Crippen LogP contribution in [0.1, 0.15) is 156 Å².